The molecule has 0 atom stereocenters. The number of aromatic hydroxyl groups is 1. The van der Waals surface area contributed by atoms with Gasteiger partial charge in [0.05, 0.1) is 0 Å². The van der Waals surface area contributed by atoms with E-state index < -0.39 is 0 Å². The van der Waals surface area contributed by atoms with E-state index in [9.17, 15) is 5.11 Å². The number of phenolic OH excluding ortho intramolecular Hbond substituents is 1. The smallest absolute Gasteiger partial charge is 0.123 e. The van der Waals surface area contributed by atoms with Crippen LogP contribution in [0.4, 0.5) is 0 Å². The highest BCUT2D eigenvalue weighted by atomic mass is 16.3. The second-order valence-electron chi connectivity index (χ2n) is 4.92. The first-order valence-electron chi connectivity index (χ1n) is 6.97. The van der Waals surface area contributed by atoms with E-state index >= 15 is 0 Å². The van der Waals surface area contributed by atoms with Crippen LogP contribution in [-0.2, 0) is 6.54 Å². The third-order valence-corrected chi connectivity index (χ3v) is 3.66. The van der Waals surface area contributed by atoms with E-state index in [1.807, 2.05) is 48.5 Å². The Morgan fingerprint density at radius 3 is 2.00 bits per heavy atom. The molecule has 104 valence electrons. The first-order chi connectivity index (χ1) is 10.3. The second kappa shape index (κ2) is 5.81. The van der Waals surface area contributed by atoms with Gasteiger partial charge in [-0.3, -0.25) is 0 Å². The summed E-state index contributed by atoms with van der Waals surface area (Å²) < 4.78 is 0. The number of hydrogen-bond acceptors (Lipinski definition) is 2. The first kappa shape index (κ1) is 13.4. The third-order valence-electron chi connectivity index (χ3n) is 3.66. The van der Waals surface area contributed by atoms with Crippen LogP contribution in [-0.4, -0.2) is 5.11 Å². The summed E-state index contributed by atoms with van der Waals surface area (Å²) in [6, 6.07) is 23.6. The van der Waals surface area contributed by atoms with Crippen molar-refractivity contribution in [1.82, 2.24) is 0 Å². The average molecular weight is 275 g/mol. The van der Waals surface area contributed by atoms with E-state index in [-0.39, 0.29) is 5.75 Å². The summed E-state index contributed by atoms with van der Waals surface area (Å²) in [5, 5.41) is 10.1. The fourth-order valence-corrected chi connectivity index (χ4v) is 2.65. The van der Waals surface area contributed by atoms with Gasteiger partial charge in [0, 0.05) is 12.1 Å². The van der Waals surface area contributed by atoms with Crippen molar-refractivity contribution in [3.63, 3.8) is 0 Å². The molecule has 0 heterocycles. The predicted octanol–water partition coefficient (Wildman–Crippen LogP) is 4.18. The van der Waals surface area contributed by atoms with Gasteiger partial charge in [-0.15, -0.1) is 0 Å². The van der Waals surface area contributed by atoms with Crippen molar-refractivity contribution in [2.75, 3.05) is 0 Å². The van der Waals surface area contributed by atoms with Crippen LogP contribution < -0.4 is 5.73 Å². The van der Waals surface area contributed by atoms with Crippen LogP contribution in [0.2, 0.25) is 0 Å². The lowest BCUT2D eigenvalue weighted by Gasteiger charge is -2.15. The normalized spacial score (nSPS) is 10.5. The molecule has 0 aliphatic rings. The van der Waals surface area contributed by atoms with Crippen LogP contribution in [0.15, 0.2) is 72.8 Å². The molecule has 3 rings (SSSR count). The van der Waals surface area contributed by atoms with Gasteiger partial charge >= 0.3 is 0 Å². The monoisotopic (exact) mass is 275 g/mol. The third kappa shape index (κ3) is 2.54. The van der Waals surface area contributed by atoms with Crippen molar-refractivity contribution in [2.45, 2.75) is 6.54 Å². The van der Waals surface area contributed by atoms with Crippen LogP contribution in [0.25, 0.3) is 22.3 Å². The summed E-state index contributed by atoms with van der Waals surface area (Å²) in [4.78, 5) is 0. The summed E-state index contributed by atoms with van der Waals surface area (Å²) in [7, 11) is 0. The van der Waals surface area contributed by atoms with Gasteiger partial charge in [-0.2, -0.15) is 0 Å². The van der Waals surface area contributed by atoms with Gasteiger partial charge in [0.15, 0.2) is 0 Å². The Labute approximate surface area is 124 Å². The van der Waals surface area contributed by atoms with Crippen LogP contribution in [0.3, 0.4) is 0 Å². The van der Waals surface area contributed by atoms with E-state index in [2.05, 4.69) is 18.2 Å². The van der Waals surface area contributed by atoms with Gasteiger partial charge in [0.1, 0.15) is 5.75 Å². The van der Waals surface area contributed by atoms with Gasteiger partial charge in [-0.25, -0.2) is 0 Å². The molecular formula is C19H17NO. The molecule has 0 fully saturated rings. The Morgan fingerprint density at radius 1 is 0.667 bits per heavy atom. The van der Waals surface area contributed by atoms with Crippen LogP contribution in [0.5, 0.6) is 5.75 Å². The van der Waals surface area contributed by atoms with Gasteiger partial charge in [0.25, 0.3) is 0 Å². The number of hydrogen-bond donors (Lipinski definition) is 2. The van der Waals surface area contributed by atoms with Crippen molar-refractivity contribution in [3.8, 4) is 28.0 Å². The van der Waals surface area contributed by atoms with Crippen LogP contribution >= 0.6 is 0 Å². The molecule has 0 aliphatic heterocycles. The largest absolute Gasteiger partial charge is 0.507 e. The maximum Gasteiger partial charge on any atom is 0.123 e. The molecule has 0 saturated carbocycles. The highest BCUT2D eigenvalue weighted by Crippen LogP contribution is 2.35. The number of benzene rings is 3. The summed E-state index contributed by atoms with van der Waals surface area (Å²) in [6.45, 7) is 0.425. The van der Waals surface area contributed by atoms with Crippen LogP contribution in [0, 0.1) is 0 Å². The van der Waals surface area contributed by atoms with Crippen molar-refractivity contribution < 1.29 is 5.11 Å². The molecule has 21 heavy (non-hydrogen) atoms. The molecule has 0 amide bonds. The minimum absolute atomic E-state index is 0.275. The molecule has 2 heteroatoms. The minimum atomic E-state index is 0.275. The van der Waals surface area contributed by atoms with Gasteiger partial charge in [-0.1, -0.05) is 66.7 Å². The summed E-state index contributed by atoms with van der Waals surface area (Å²) >= 11 is 0. The Hall–Kier alpha value is -2.58. The van der Waals surface area contributed by atoms with Gasteiger partial charge < -0.3 is 10.8 Å². The SMILES string of the molecule is NCc1c(-c2ccccc2)cccc1-c1ccccc1O. The molecule has 0 bridgehead atoms. The zero-order chi connectivity index (χ0) is 14.7. The van der Waals surface area contributed by atoms with E-state index in [4.69, 9.17) is 5.73 Å². The number of para-hydroxylation sites is 1. The predicted molar refractivity (Wildman–Crippen MR) is 86.9 cm³/mol. The van der Waals surface area contributed by atoms with E-state index in [0.29, 0.717) is 6.54 Å². The molecule has 0 saturated heterocycles. The van der Waals surface area contributed by atoms with E-state index in [1.54, 1.807) is 6.07 Å². The van der Waals surface area contributed by atoms with Crippen molar-refractivity contribution in [3.05, 3.63) is 78.4 Å². The van der Waals surface area contributed by atoms with E-state index in [0.717, 1.165) is 27.8 Å². The molecule has 3 aromatic carbocycles. The summed E-state index contributed by atoms with van der Waals surface area (Å²) in [5.74, 6) is 0.275. The lowest BCUT2D eigenvalue weighted by molar-refractivity contribution is 0.477. The molecule has 0 unspecified atom stereocenters. The number of nitrogens with two attached hydrogens (primary N) is 1. The Balaban J connectivity index is 2.22. The topological polar surface area (TPSA) is 46.2 Å². The highest BCUT2D eigenvalue weighted by Gasteiger charge is 2.12. The maximum absolute atomic E-state index is 10.1. The lowest BCUT2D eigenvalue weighted by Crippen LogP contribution is -2.02. The number of rotatable bonds is 3. The maximum atomic E-state index is 10.1. The fraction of sp³-hybridized carbons (Fsp3) is 0.0526. The molecule has 2 nitrogen and oxygen atoms in total. The lowest BCUT2D eigenvalue weighted by atomic mass is 9.91. The van der Waals surface area contributed by atoms with E-state index in [1.165, 1.54) is 0 Å². The molecule has 0 radical (unpaired) electrons. The fourth-order valence-electron chi connectivity index (χ4n) is 2.65. The second-order valence-corrected chi connectivity index (χ2v) is 4.92. The van der Waals surface area contributed by atoms with Gasteiger partial charge in [0.2, 0.25) is 0 Å². The number of phenols is 1. The standard InChI is InChI=1S/C19H17NO/c20-13-18-15(14-7-2-1-3-8-14)10-6-11-16(18)17-9-4-5-12-19(17)21/h1-12,21H,13,20H2. The molecule has 0 aliphatic carbocycles. The quantitative estimate of drug-likeness (QED) is 0.753. The highest BCUT2D eigenvalue weighted by molar-refractivity contribution is 5.81. The summed E-state index contributed by atoms with van der Waals surface area (Å²) in [5.41, 5.74) is 11.1. The van der Waals surface area contributed by atoms with Gasteiger partial charge in [-0.05, 0) is 28.3 Å². The minimum Gasteiger partial charge on any atom is -0.507 e. The van der Waals surface area contributed by atoms with Crippen molar-refractivity contribution in [1.29, 1.82) is 0 Å². The molecular weight excluding hydrogens is 258 g/mol. The zero-order valence-electron chi connectivity index (χ0n) is 11.7. The van der Waals surface area contributed by atoms with Crippen LogP contribution in [0.1, 0.15) is 5.56 Å². The molecule has 3 aromatic rings. The van der Waals surface area contributed by atoms with Crippen molar-refractivity contribution >= 4 is 0 Å². The molecule has 3 N–H and O–H groups in total. The Bertz CT molecular complexity index is 751. The molecule has 0 spiro atoms. The zero-order valence-corrected chi connectivity index (χ0v) is 11.7. The average Bonchev–Trinajstić information content (AvgIpc) is 2.55. The Morgan fingerprint density at radius 2 is 1.29 bits per heavy atom. The van der Waals surface area contributed by atoms with Crippen molar-refractivity contribution in [2.24, 2.45) is 5.73 Å². The summed E-state index contributed by atoms with van der Waals surface area (Å²) in [6.07, 6.45) is 0. The first-order valence-corrected chi connectivity index (χ1v) is 6.97. The molecule has 0 aromatic heterocycles. The Kier molecular flexibility index (Phi) is 3.71.